The van der Waals surface area contributed by atoms with Gasteiger partial charge in [0.15, 0.2) is 0 Å². The van der Waals surface area contributed by atoms with E-state index in [4.69, 9.17) is 0 Å². The summed E-state index contributed by atoms with van der Waals surface area (Å²) in [6, 6.07) is 1.18. The Morgan fingerprint density at radius 1 is 0.324 bits per heavy atom. The van der Waals surface area contributed by atoms with Crippen molar-refractivity contribution in [3.8, 4) is 0 Å². The third-order valence-corrected chi connectivity index (χ3v) is 4.25. The summed E-state index contributed by atoms with van der Waals surface area (Å²) in [5.74, 6) is -66.5. The molecule has 0 nitrogen and oxygen atoms in total. The van der Waals surface area contributed by atoms with Crippen LogP contribution in [0.4, 0.5) is 83.4 Å². The van der Waals surface area contributed by atoms with Crippen LogP contribution in [-0.4, -0.2) is 47.6 Å². The monoisotopic (exact) mass is 546 g/mol. The predicted molar refractivity (Wildman–Crippen MR) is 71.0 cm³/mol. The first-order chi connectivity index (χ1) is 14.6. The van der Waals surface area contributed by atoms with E-state index in [2.05, 4.69) is 0 Å². The number of halogens is 19. The van der Waals surface area contributed by atoms with Crippen molar-refractivity contribution in [1.29, 1.82) is 0 Å². The molecule has 1 aromatic rings. The minimum absolute atomic E-state index is 0.174. The number of hydrogen-bond donors (Lipinski definition) is 0. The van der Waals surface area contributed by atoms with E-state index < -0.39 is 59.1 Å². The van der Waals surface area contributed by atoms with Crippen LogP contribution in [0.5, 0.6) is 0 Å². The van der Waals surface area contributed by atoms with Gasteiger partial charge < -0.3 is 0 Å². The van der Waals surface area contributed by atoms with Gasteiger partial charge in [-0.1, -0.05) is 30.3 Å². The molecule has 1 rings (SSSR count). The van der Waals surface area contributed by atoms with E-state index in [1.54, 1.807) is 0 Å². The second-order valence-electron chi connectivity index (χ2n) is 6.46. The molecule has 0 unspecified atom stereocenters. The Kier molecular flexibility index (Phi) is 6.77. The molecule has 19 heteroatoms. The summed E-state index contributed by atoms with van der Waals surface area (Å²) in [4.78, 5) is 0. The molecule has 0 spiro atoms. The number of hydrogen-bond acceptors (Lipinski definition) is 0. The zero-order valence-corrected chi connectivity index (χ0v) is 15.1. The van der Waals surface area contributed by atoms with E-state index in [0.717, 1.165) is 6.07 Å². The van der Waals surface area contributed by atoms with Gasteiger partial charge in [-0.2, -0.15) is 83.4 Å². The highest BCUT2D eigenvalue weighted by atomic mass is 19.4. The van der Waals surface area contributed by atoms with Crippen molar-refractivity contribution < 1.29 is 83.4 Å². The van der Waals surface area contributed by atoms with E-state index in [1.807, 2.05) is 0 Å². The fourth-order valence-corrected chi connectivity index (χ4v) is 2.19. The average Bonchev–Trinajstić information content (AvgIpc) is 2.66. The molecule has 0 aromatic heterocycles. The van der Waals surface area contributed by atoms with Gasteiger partial charge in [-0.25, -0.2) is 0 Å². The summed E-state index contributed by atoms with van der Waals surface area (Å²) in [7, 11) is 0. The summed E-state index contributed by atoms with van der Waals surface area (Å²) >= 11 is 0. The lowest BCUT2D eigenvalue weighted by Gasteiger charge is -2.43. The van der Waals surface area contributed by atoms with Crippen molar-refractivity contribution in [2.24, 2.45) is 0 Å². The van der Waals surface area contributed by atoms with Crippen LogP contribution < -0.4 is 0 Å². The lowest BCUT2D eigenvalue weighted by molar-refractivity contribution is -0.469. The van der Waals surface area contributed by atoms with Crippen LogP contribution in [0.3, 0.4) is 0 Å². The van der Waals surface area contributed by atoms with Crippen LogP contribution in [-0.2, 0) is 5.92 Å². The molecule has 0 atom stereocenters. The van der Waals surface area contributed by atoms with E-state index in [0.29, 0.717) is 12.1 Å². The van der Waals surface area contributed by atoms with Gasteiger partial charge in [0.2, 0.25) is 0 Å². The standard InChI is InChI=1S/C15H5F19/c16-7(17,6-4-2-1-3-5-6)8(18,19)9(20,21)10(22,23)11(24,25)12(26,27)13(28,29)14(30,31)15(32,33)34/h1-5H. The van der Waals surface area contributed by atoms with Crippen LogP contribution in [0.25, 0.3) is 0 Å². The van der Waals surface area contributed by atoms with Crippen LogP contribution in [0.15, 0.2) is 30.3 Å². The predicted octanol–water partition coefficient (Wildman–Crippen LogP) is 7.79. The maximum absolute atomic E-state index is 13.8. The Balaban J connectivity index is 3.76. The minimum atomic E-state index is -8.90. The minimum Gasteiger partial charge on any atom is -0.194 e. The van der Waals surface area contributed by atoms with E-state index in [-0.39, 0.29) is 12.1 Å². The fraction of sp³-hybridized carbons (Fsp3) is 0.600. The zero-order chi connectivity index (χ0) is 27.6. The molecule has 0 saturated heterocycles. The zero-order valence-electron chi connectivity index (χ0n) is 15.1. The van der Waals surface area contributed by atoms with Crippen LogP contribution in [0.1, 0.15) is 5.56 Å². The van der Waals surface area contributed by atoms with E-state index in [9.17, 15) is 83.4 Å². The molecule has 0 N–H and O–H groups in total. The van der Waals surface area contributed by atoms with Gasteiger partial charge in [0.05, 0.1) is 0 Å². The van der Waals surface area contributed by atoms with Crippen LogP contribution >= 0.6 is 0 Å². The van der Waals surface area contributed by atoms with Crippen molar-refractivity contribution in [3.63, 3.8) is 0 Å². The summed E-state index contributed by atoms with van der Waals surface area (Å²) in [5.41, 5.74) is -2.32. The summed E-state index contributed by atoms with van der Waals surface area (Å²) in [6.45, 7) is 0. The molecule has 198 valence electrons. The first-order valence-electron chi connectivity index (χ1n) is 7.75. The lowest BCUT2D eigenvalue weighted by Crippen LogP contribution is -2.75. The molecule has 0 bridgehead atoms. The van der Waals surface area contributed by atoms with E-state index in [1.165, 1.54) is 0 Å². The highest BCUT2D eigenvalue weighted by Crippen LogP contribution is 2.66. The second-order valence-corrected chi connectivity index (χ2v) is 6.46. The molecule has 0 aliphatic rings. The van der Waals surface area contributed by atoms with Gasteiger partial charge in [-0.3, -0.25) is 0 Å². The second kappa shape index (κ2) is 7.69. The van der Waals surface area contributed by atoms with Crippen molar-refractivity contribution in [3.05, 3.63) is 35.9 Å². The van der Waals surface area contributed by atoms with Crippen molar-refractivity contribution in [2.45, 2.75) is 53.6 Å². The lowest BCUT2D eigenvalue weighted by atomic mass is 9.86. The summed E-state index contributed by atoms with van der Waals surface area (Å²) in [5, 5.41) is 0. The molecule has 0 radical (unpaired) electrons. The SMILES string of the molecule is FC(F)(F)C(F)(F)C(F)(F)C(F)(F)C(F)(F)C(F)(F)C(F)(F)C(F)(F)C(F)(F)c1ccccc1. The molecule has 0 amide bonds. The maximum Gasteiger partial charge on any atom is 0.460 e. The smallest absolute Gasteiger partial charge is 0.194 e. The maximum atomic E-state index is 13.8. The first kappa shape index (κ1) is 29.9. The molecule has 0 aliphatic carbocycles. The molecular formula is C15H5F19. The number of benzene rings is 1. The topological polar surface area (TPSA) is 0 Å². The van der Waals surface area contributed by atoms with E-state index >= 15 is 0 Å². The van der Waals surface area contributed by atoms with Crippen molar-refractivity contribution in [2.75, 3.05) is 0 Å². The third kappa shape index (κ3) is 3.54. The fourth-order valence-electron chi connectivity index (χ4n) is 2.19. The molecule has 0 aliphatic heterocycles. The Hall–Kier alpha value is -2.11. The largest absolute Gasteiger partial charge is 0.460 e. The van der Waals surface area contributed by atoms with Crippen molar-refractivity contribution >= 4 is 0 Å². The Bertz CT molecular complexity index is 863. The van der Waals surface area contributed by atoms with Gasteiger partial charge >= 0.3 is 53.6 Å². The van der Waals surface area contributed by atoms with Crippen molar-refractivity contribution in [1.82, 2.24) is 0 Å². The average molecular weight is 546 g/mol. The molecule has 1 aromatic carbocycles. The normalized spacial score (nSPS) is 16.1. The first-order valence-corrected chi connectivity index (χ1v) is 7.75. The van der Waals surface area contributed by atoms with Crippen LogP contribution in [0, 0.1) is 0 Å². The number of alkyl halides is 19. The molecule has 34 heavy (non-hydrogen) atoms. The van der Waals surface area contributed by atoms with Gasteiger partial charge in [0, 0.05) is 5.56 Å². The van der Waals surface area contributed by atoms with Gasteiger partial charge in [0.25, 0.3) is 0 Å². The van der Waals surface area contributed by atoms with Gasteiger partial charge in [0.1, 0.15) is 0 Å². The molecule has 0 heterocycles. The molecular weight excluding hydrogens is 541 g/mol. The van der Waals surface area contributed by atoms with Gasteiger partial charge in [-0.05, 0) is 0 Å². The highest BCUT2D eigenvalue weighted by molar-refractivity contribution is 5.26. The summed E-state index contributed by atoms with van der Waals surface area (Å²) in [6.07, 6.45) is -7.89. The third-order valence-electron chi connectivity index (χ3n) is 4.25. The Morgan fingerprint density at radius 3 is 0.882 bits per heavy atom. The molecule has 0 fully saturated rings. The Labute approximate surface area is 174 Å². The highest BCUT2D eigenvalue weighted by Gasteiger charge is 2.96. The van der Waals surface area contributed by atoms with Crippen LogP contribution in [0.2, 0.25) is 0 Å². The number of rotatable bonds is 8. The molecule has 0 saturated carbocycles. The quantitative estimate of drug-likeness (QED) is 0.292. The summed E-state index contributed by atoms with van der Waals surface area (Å²) < 4.78 is 250. The Morgan fingerprint density at radius 2 is 0.588 bits per heavy atom. The van der Waals surface area contributed by atoms with Gasteiger partial charge in [-0.15, -0.1) is 0 Å².